The van der Waals surface area contributed by atoms with Crippen molar-refractivity contribution in [3.05, 3.63) is 64.2 Å². The summed E-state index contributed by atoms with van der Waals surface area (Å²) >= 11 is 6.35. The van der Waals surface area contributed by atoms with Gasteiger partial charge < -0.3 is 10.2 Å². The molecule has 0 saturated carbocycles. The second kappa shape index (κ2) is 11.7. The zero-order chi connectivity index (χ0) is 25.6. The molecule has 7 nitrogen and oxygen atoms in total. The standard InChI is InChI=1S/C25H34ClN3O4S/c1-7-23(25(31)27-17(2)3)28(15-20-10-8-9-11-22(20)26)24(30)16-29(34(6,32)33)21-13-12-18(4)19(5)14-21/h8-14,17,23H,7,15-16H2,1-6H3,(H,27,31). The number of carbonyl (C=O) groups excluding carboxylic acids is 2. The molecule has 1 N–H and O–H groups in total. The molecule has 0 aliphatic heterocycles. The molecule has 0 bridgehead atoms. The first-order valence-corrected chi connectivity index (χ1v) is 13.5. The molecule has 0 aliphatic carbocycles. The third-order valence-electron chi connectivity index (χ3n) is 5.57. The molecular formula is C25H34ClN3O4S. The third-order valence-corrected chi connectivity index (χ3v) is 7.08. The zero-order valence-corrected chi connectivity index (χ0v) is 22.2. The minimum atomic E-state index is -3.77. The minimum absolute atomic E-state index is 0.0764. The van der Waals surface area contributed by atoms with Crippen LogP contribution < -0.4 is 9.62 Å². The van der Waals surface area contributed by atoms with E-state index >= 15 is 0 Å². The number of rotatable bonds is 10. The predicted molar refractivity (Wildman–Crippen MR) is 137 cm³/mol. The van der Waals surface area contributed by atoms with Gasteiger partial charge in [0.15, 0.2) is 0 Å². The number of halogens is 1. The van der Waals surface area contributed by atoms with E-state index in [-0.39, 0.29) is 18.5 Å². The van der Waals surface area contributed by atoms with Crippen molar-refractivity contribution in [2.24, 2.45) is 0 Å². The van der Waals surface area contributed by atoms with Crippen LogP contribution in [0.3, 0.4) is 0 Å². The number of benzene rings is 2. The maximum atomic E-state index is 13.6. The van der Waals surface area contributed by atoms with Crippen molar-refractivity contribution in [3.63, 3.8) is 0 Å². The average molecular weight is 508 g/mol. The molecule has 0 radical (unpaired) electrons. The van der Waals surface area contributed by atoms with Gasteiger partial charge in [-0.3, -0.25) is 13.9 Å². The molecule has 0 saturated heterocycles. The Balaban J connectivity index is 2.48. The minimum Gasteiger partial charge on any atom is -0.352 e. The van der Waals surface area contributed by atoms with Gasteiger partial charge in [-0.2, -0.15) is 0 Å². The quantitative estimate of drug-likeness (QED) is 0.525. The summed E-state index contributed by atoms with van der Waals surface area (Å²) in [5.41, 5.74) is 3.00. The summed E-state index contributed by atoms with van der Waals surface area (Å²) in [4.78, 5) is 28.0. The third kappa shape index (κ3) is 7.21. The van der Waals surface area contributed by atoms with Crippen LogP contribution in [0.5, 0.6) is 0 Å². The Morgan fingerprint density at radius 3 is 2.24 bits per heavy atom. The van der Waals surface area contributed by atoms with Gasteiger partial charge in [-0.1, -0.05) is 42.8 Å². The SMILES string of the molecule is CCC(C(=O)NC(C)C)N(Cc1ccccc1Cl)C(=O)CN(c1ccc(C)c(C)c1)S(C)(=O)=O. The van der Waals surface area contributed by atoms with Crippen LogP contribution in [0, 0.1) is 13.8 Å². The molecule has 2 rings (SSSR count). The van der Waals surface area contributed by atoms with Crippen LogP contribution in [-0.2, 0) is 26.2 Å². The molecule has 9 heteroatoms. The molecule has 0 fully saturated rings. The summed E-state index contributed by atoms with van der Waals surface area (Å²) in [5, 5.41) is 3.33. The topological polar surface area (TPSA) is 86.8 Å². The second-order valence-electron chi connectivity index (χ2n) is 8.74. The van der Waals surface area contributed by atoms with Crippen LogP contribution in [0.15, 0.2) is 42.5 Å². The first-order chi connectivity index (χ1) is 15.8. The van der Waals surface area contributed by atoms with Crippen LogP contribution in [-0.4, -0.2) is 50.0 Å². The molecule has 2 aromatic rings. The van der Waals surface area contributed by atoms with Crippen molar-refractivity contribution in [1.29, 1.82) is 0 Å². The molecule has 2 aromatic carbocycles. The molecule has 0 aromatic heterocycles. The largest absolute Gasteiger partial charge is 0.352 e. The van der Waals surface area contributed by atoms with E-state index in [1.807, 2.05) is 40.7 Å². The lowest BCUT2D eigenvalue weighted by Gasteiger charge is -2.33. The van der Waals surface area contributed by atoms with Crippen LogP contribution in [0.1, 0.15) is 43.9 Å². The number of nitrogens with one attached hydrogen (secondary N) is 1. The van der Waals surface area contributed by atoms with Crippen molar-refractivity contribution < 1.29 is 18.0 Å². The maximum absolute atomic E-state index is 13.6. The van der Waals surface area contributed by atoms with Crippen LogP contribution >= 0.6 is 11.6 Å². The van der Waals surface area contributed by atoms with E-state index in [0.29, 0.717) is 22.7 Å². The highest BCUT2D eigenvalue weighted by atomic mass is 35.5. The summed E-state index contributed by atoms with van der Waals surface area (Å²) in [6, 6.07) is 11.4. The lowest BCUT2D eigenvalue weighted by atomic mass is 10.1. The van der Waals surface area contributed by atoms with Gasteiger partial charge in [0.25, 0.3) is 0 Å². The van der Waals surface area contributed by atoms with Gasteiger partial charge in [-0.15, -0.1) is 0 Å². The first-order valence-electron chi connectivity index (χ1n) is 11.2. The summed E-state index contributed by atoms with van der Waals surface area (Å²) < 4.78 is 26.4. The van der Waals surface area contributed by atoms with E-state index in [1.165, 1.54) is 4.90 Å². The van der Waals surface area contributed by atoms with Crippen molar-refractivity contribution in [3.8, 4) is 0 Å². The number of sulfonamides is 1. The number of anilines is 1. The molecule has 1 unspecified atom stereocenters. The second-order valence-corrected chi connectivity index (χ2v) is 11.1. The maximum Gasteiger partial charge on any atom is 0.244 e. The van der Waals surface area contributed by atoms with Crippen molar-refractivity contribution in [2.75, 3.05) is 17.1 Å². The zero-order valence-electron chi connectivity index (χ0n) is 20.6. The van der Waals surface area contributed by atoms with Crippen LogP contribution in [0.4, 0.5) is 5.69 Å². The Labute approximate surface area is 208 Å². The summed E-state index contributed by atoms with van der Waals surface area (Å²) in [6.07, 6.45) is 1.42. The Morgan fingerprint density at radius 1 is 1.06 bits per heavy atom. The molecule has 34 heavy (non-hydrogen) atoms. The lowest BCUT2D eigenvalue weighted by molar-refractivity contribution is -0.140. The molecule has 1 atom stereocenters. The van der Waals surface area contributed by atoms with E-state index in [2.05, 4.69) is 5.32 Å². The summed E-state index contributed by atoms with van der Waals surface area (Å²) in [7, 11) is -3.77. The van der Waals surface area contributed by atoms with Gasteiger partial charge in [0.05, 0.1) is 11.9 Å². The number of hydrogen-bond acceptors (Lipinski definition) is 4. The smallest absolute Gasteiger partial charge is 0.244 e. The Morgan fingerprint density at radius 2 is 1.71 bits per heavy atom. The number of amides is 2. The molecule has 2 amide bonds. The normalized spacial score (nSPS) is 12.4. The number of aryl methyl sites for hydroxylation is 2. The average Bonchev–Trinajstić information content (AvgIpc) is 2.73. The fourth-order valence-electron chi connectivity index (χ4n) is 3.60. The highest BCUT2D eigenvalue weighted by Crippen LogP contribution is 2.24. The predicted octanol–water partition coefficient (Wildman–Crippen LogP) is 4.05. The van der Waals surface area contributed by atoms with Gasteiger partial charge in [0, 0.05) is 17.6 Å². The van der Waals surface area contributed by atoms with E-state index in [1.54, 1.807) is 36.4 Å². The molecule has 0 heterocycles. The lowest BCUT2D eigenvalue weighted by Crippen LogP contribution is -2.53. The van der Waals surface area contributed by atoms with E-state index in [9.17, 15) is 18.0 Å². The van der Waals surface area contributed by atoms with Gasteiger partial charge in [0.2, 0.25) is 21.8 Å². The Kier molecular flexibility index (Phi) is 9.53. The number of carbonyl (C=O) groups is 2. The molecule has 0 spiro atoms. The first kappa shape index (κ1) is 27.7. The van der Waals surface area contributed by atoms with E-state index in [4.69, 9.17) is 11.6 Å². The van der Waals surface area contributed by atoms with Crippen molar-refractivity contribution >= 4 is 39.1 Å². The van der Waals surface area contributed by atoms with Gasteiger partial charge >= 0.3 is 0 Å². The Hall–Kier alpha value is -2.58. The molecular weight excluding hydrogens is 474 g/mol. The highest BCUT2D eigenvalue weighted by molar-refractivity contribution is 7.92. The highest BCUT2D eigenvalue weighted by Gasteiger charge is 2.32. The van der Waals surface area contributed by atoms with Crippen molar-refractivity contribution in [1.82, 2.24) is 10.2 Å². The number of hydrogen-bond donors (Lipinski definition) is 1. The summed E-state index contributed by atoms with van der Waals surface area (Å²) in [6.45, 7) is 8.96. The Bertz CT molecular complexity index is 1130. The van der Waals surface area contributed by atoms with Gasteiger partial charge in [0.1, 0.15) is 12.6 Å². The van der Waals surface area contributed by atoms with Gasteiger partial charge in [-0.05, 0) is 69.0 Å². The van der Waals surface area contributed by atoms with Crippen LogP contribution in [0.25, 0.3) is 0 Å². The monoisotopic (exact) mass is 507 g/mol. The number of nitrogens with zero attached hydrogens (tertiary/aromatic N) is 2. The fraction of sp³-hybridized carbons (Fsp3) is 0.440. The summed E-state index contributed by atoms with van der Waals surface area (Å²) in [5.74, 6) is -0.788. The fourth-order valence-corrected chi connectivity index (χ4v) is 4.64. The van der Waals surface area contributed by atoms with E-state index < -0.39 is 28.5 Å². The molecule has 186 valence electrons. The van der Waals surface area contributed by atoms with E-state index in [0.717, 1.165) is 21.7 Å². The van der Waals surface area contributed by atoms with Crippen molar-refractivity contribution in [2.45, 2.75) is 59.7 Å². The molecule has 0 aliphatic rings. The van der Waals surface area contributed by atoms with Crippen LogP contribution in [0.2, 0.25) is 5.02 Å². The van der Waals surface area contributed by atoms with Gasteiger partial charge in [-0.25, -0.2) is 8.42 Å².